The summed E-state index contributed by atoms with van der Waals surface area (Å²) in [6.07, 6.45) is 6.57. The summed E-state index contributed by atoms with van der Waals surface area (Å²) < 4.78 is 44.5. The van der Waals surface area contributed by atoms with E-state index in [1.165, 1.54) is 33.4 Å². The van der Waals surface area contributed by atoms with Crippen molar-refractivity contribution >= 4 is 21.6 Å². The SMILES string of the molecule is O=C(Nc1ccc(S(=O)(=O)N2CCCC2)cc1)c1cnn(-c2ccccc2F)c1-n1cccc1. The van der Waals surface area contributed by atoms with Gasteiger partial charge < -0.3 is 9.88 Å². The smallest absolute Gasteiger partial charge is 0.261 e. The summed E-state index contributed by atoms with van der Waals surface area (Å²) in [5, 5.41) is 7.05. The minimum atomic E-state index is -3.54. The van der Waals surface area contributed by atoms with E-state index in [1.54, 1.807) is 59.4 Å². The summed E-state index contributed by atoms with van der Waals surface area (Å²) in [6, 6.07) is 15.8. The Labute approximate surface area is 196 Å². The van der Waals surface area contributed by atoms with E-state index in [4.69, 9.17) is 0 Å². The Bertz CT molecular complexity index is 1420. The molecule has 34 heavy (non-hydrogen) atoms. The van der Waals surface area contributed by atoms with Gasteiger partial charge in [0.2, 0.25) is 10.0 Å². The van der Waals surface area contributed by atoms with Gasteiger partial charge in [-0.1, -0.05) is 12.1 Å². The number of hydrogen-bond donors (Lipinski definition) is 1. The third-order valence-electron chi connectivity index (χ3n) is 5.73. The topological polar surface area (TPSA) is 89.2 Å². The first kappa shape index (κ1) is 22.1. The molecule has 0 bridgehead atoms. The van der Waals surface area contributed by atoms with E-state index >= 15 is 0 Å². The predicted molar refractivity (Wildman–Crippen MR) is 125 cm³/mol. The number of halogens is 1. The Morgan fingerprint density at radius 1 is 0.941 bits per heavy atom. The summed E-state index contributed by atoms with van der Waals surface area (Å²) in [5.74, 6) is -0.553. The second kappa shape index (κ2) is 8.88. The lowest BCUT2D eigenvalue weighted by molar-refractivity contribution is 0.102. The summed E-state index contributed by atoms with van der Waals surface area (Å²) >= 11 is 0. The molecule has 0 radical (unpaired) electrons. The Morgan fingerprint density at radius 3 is 2.29 bits per heavy atom. The molecule has 1 saturated heterocycles. The number of nitrogens with one attached hydrogen (secondary N) is 1. The van der Waals surface area contributed by atoms with Crippen molar-refractivity contribution in [3.05, 3.63) is 90.6 Å². The molecule has 2 aromatic carbocycles. The lowest BCUT2D eigenvalue weighted by atomic mass is 10.2. The third kappa shape index (κ3) is 4.02. The molecule has 0 saturated carbocycles. The molecule has 3 heterocycles. The summed E-state index contributed by atoms with van der Waals surface area (Å²) in [7, 11) is -3.54. The van der Waals surface area contributed by atoms with Gasteiger partial charge in [0.15, 0.2) is 5.82 Å². The van der Waals surface area contributed by atoms with Crippen molar-refractivity contribution in [3.63, 3.8) is 0 Å². The van der Waals surface area contributed by atoms with Gasteiger partial charge in [0.25, 0.3) is 5.91 Å². The predicted octanol–water partition coefficient (Wildman–Crippen LogP) is 3.84. The average molecular weight is 480 g/mol. The molecule has 8 nitrogen and oxygen atoms in total. The van der Waals surface area contributed by atoms with Gasteiger partial charge >= 0.3 is 0 Å². The third-order valence-corrected chi connectivity index (χ3v) is 7.65. The lowest BCUT2D eigenvalue weighted by Crippen LogP contribution is -2.27. The van der Waals surface area contributed by atoms with E-state index in [0.29, 0.717) is 24.6 Å². The number of rotatable bonds is 6. The maximum atomic E-state index is 14.5. The summed E-state index contributed by atoms with van der Waals surface area (Å²) in [6.45, 7) is 1.05. The van der Waals surface area contributed by atoms with E-state index in [0.717, 1.165) is 12.8 Å². The first-order chi connectivity index (χ1) is 16.4. The molecule has 174 valence electrons. The van der Waals surface area contributed by atoms with Crippen molar-refractivity contribution in [1.29, 1.82) is 0 Å². The first-order valence-electron chi connectivity index (χ1n) is 10.8. The van der Waals surface area contributed by atoms with Crippen LogP contribution in [0.1, 0.15) is 23.2 Å². The van der Waals surface area contributed by atoms with Crippen LogP contribution in [0.5, 0.6) is 0 Å². The van der Waals surface area contributed by atoms with E-state index in [2.05, 4.69) is 10.4 Å². The van der Waals surface area contributed by atoms with Crippen LogP contribution in [0.3, 0.4) is 0 Å². The largest absolute Gasteiger partial charge is 0.322 e. The van der Waals surface area contributed by atoms with Crippen LogP contribution in [0.4, 0.5) is 10.1 Å². The van der Waals surface area contributed by atoms with E-state index < -0.39 is 21.7 Å². The van der Waals surface area contributed by atoms with E-state index in [1.807, 2.05) is 0 Å². The average Bonchev–Trinajstić information content (AvgIpc) is 3.61. The van der Waals surface area contributed by atoms with Gasteiger partial charge in [-0.25, -0.2) is 17.5 Å². The van der Waals surface area contributed by atoms with Crippen LogP contribution >= 0.6 is 0 Å². The number of nitrogens with zero attached hydrogens (tertiary/aromatic N) is 4. The zero-order chi connectivity index (χ0) is 23.7. The van der Waals surface area contributed by atoms with Gasteiger partial charge in [-0.15, -0.1) is 0 Å². The molecule has 4 aromatic rings. The molecule has 1 N–H and O–H groups in total. The molecule has 10 heteroatoms. The quantitative estimate of drug-likeness (QED) is 0.455. The van der Waals surface area contributed by atoms with Crippen molar-refractivity contribution in [2.45, 2.75) is 17.7 Å². The fraction of sp³-hybridized carbons (Fsp3) is 0.167. The highest BCUT2D eigenvalue weighted by Crippen LogP contribution is 2.25. The maximum Gasteiger partial charge on any atom is 0.261 e. The van der Waals surface area contributed by atoms with Crippen LogP contribution in [0.25, 0.3) is 11.5 Å². The maximum absolute atomic E-state index is 14.5. The lowest BCUT2D eigenvalue weighted by Gasteiger charge is -2.15. The highest BCUT2D eigenvalue weighted by Gasteiger charge is 2.27. The van der Waals surface area contributed by atoms with Crippen LogP contribution in [0.15, 0.2) is 84.1 Å². The number of hydrogen-bond acceptors (Lipinski definition) is 4. The van der Waals surface area contributed by atoms with Crippen LogP contribution in [-0.4, -0.2) is 46.1 Å². The Kier molecular flexibility index (Phi) is 5.76. The molecule has 1 aliphatic heterocycles. The molecule has 5 rings (SSSR count). The number of carbonyl (C=O) groups is 1. The molecule has 1 amide bonds. The van der Waals surface area contributed by atoms with Crippen LogP contribution < -0.4 is 5.32 Å². The number of anilines is 1. The number of carbonyl (C=O) groups excluding carboxylic acids is 1. The first-order valence-corrected chi connectivity index (χ1v) is 12.3. The summed E-state index contributed by atoms with van der Waals surface area (Å²) in [5.41, 5.74) is 0.873. The van der Waals surface area contributed by atoms with Crippen LogP contribution in [0, 0.1) is 5.82 Å². The van der Waals surface area contributed by atoms with Crippen molar-refractivity contribution in [2.75, 3.05) is 18.4 Å². The minimum absolute atomic E-state index is 0.188. The number of para-hydroxylation sites is 1. The van der Waals surface area contributed by atoms with Gasteiger partial charge in [0.05, 0.1) is 11.1 Å². The molecule has 0 aliphatic carbocycles. The zero-order valence-corrected chi connectivity index (χ0v) is 19.0. The number of aromatic nitrogens is 3. The van der Waals surface area contributed by atoms with E-state index in [-0.39, 0.29) is 16.1 Å². The van der Waals surface area contributed by atoms with Crippen molar-refractivity contribution in [3.8, 4) is 11.5 Å². The number of amides is 1. The van der Waals surface area contributed by atoms with Crippen molar-refractivity contribution < 1.29 is 17.6 Å². The second-order valence-corrected chi connectivity index (χ2v) is 9.86. The zero-order valence-electron chi connectivity index (χ0n) is 18.1. The molecule has 1 fully saturated rings. The molecule has 2 aromatic heterocycles. The Morgan fingerprint density at radius 2 is 1.62 bits per heavy atom. The van der Waals surface area contributed by atoms with Crippen LogP contribution in [-0.2, 0) is 10.0 Å². The van der Waals surface area contributed by atoms with Gasteiger partial charge in [-0.3, -0.25) is 4.79 Å². The monoisotopic (exact) mass is 479 g/mol. The fourth-order valence-electron chi connectivity index (χ4n) is 4.01. The second-order valence-electron chi connectivity index (χ2n) is 7.93. The number of benzene rings is 2. The van der Waals surface area contributed by atoms with Gasteiger partial charge in [-0.2, -0.15) is 9.40 Å². The Balaban J connectivity index is 1.44. The van der Waals surface area contributed by atoms with Gasteiger partial charge in [0, 0.05) is 31.2 Å². The molecular formula is C24H22FN5O3S. The van der Waals surface area contributed by atoms with Gasteiger partial charge in [0.1, 0.15) is 17.1 Å². The van der Waals surface area contributed by atoms with Crippen molar-refractivity contribution in [1.82, 2.24) is 18.7 Å². The molecular weight excluding hydrogens is 457 g/mol. The highest BCUT2D eigenvalue weighted by molar-refractivity contribution is 7.89. The van der Waals surface area contributed by atoms with E-state index in [9.17, 15) is 17.6 Å². The Hall–Kier alpha value is -3.76. The minimum Gasteiger partial charge on any atom is -0.322 e. The van der Waals surface area contributed by atoms with Gasteiger partial charge in [-0.05, 0) is 61.4 Å². The molecule has 0 atom stereocenters. The molecule has 0 spiro atoms. The number of sulfonamides is 1. The normalized spacial score (nSPS) is 14.4. The summed E-state index contributed by atoms with van der Waals surface area (Å²) in [4.78, 5) is 13.3. The molecule has 0 unspecified atom stereocenters. The fourth-order valence-corrected chi connectivity index (χ4v) is 5.53. The highest BCUT2D eigenvalue weighted by atomic mass is 32.2. The van der Waals surface area contributed by atoms with Crippen molar-refractivity contribution in [2.24, 2.45) is 0 Å². The standard InChI is InChI=1S/C24H22FN5O3S/c25-21-7-1-2-8-22(21)30-24(28-13-3-4-14-28)20(17-26-30)23(31)27-18-9-11-19(12-10-18)34(32,33)29-15-5-6-16-29/h1-4,7-14,17H,5-6,15-16H2,(H,27,31). The van der Waals surface area contributed by atoms with Crippen LogP contribution in [0.2, 0.25) is 0 Å². The molecule has 1 aliphatic rings.